The zero-order chi connectivity index (χ0) is 22.3. The van der Waals surface area contributed by atoms with Crippen LogP contribution in [0.1, 0.15) is 25.7 Å². The molecule has 0 bridgehead atoms. The summed E-state index contributed by atoms with van der Waals surface area (Å²) in [5, 5.41) is 0. The number of hydrogen-bond donors (Lipinski definition) is 0. The van der Waals surface area contributed by atoms with E-state index in [2.05, 4.69) is 18.9 Å². The molecule has 0 aromatic carbocycles. The van der Waals surface area contributed by atoms with Crippen molar-refractivity contribution in [2.75, 3.05) is 57.6 Å². The van der Waals surface area contributed by atoms with Gasteiger partial charge in [0, 0.05) is 24.7 Å². The molecule has 2 aliphatic heterocycles. The number of ether oxygens (including phenoxy) is 4. The SMILES string of the molecule is CS(=O)(=O)OC[C@@H]1[C@@H]2CCC3(OCCO3)[C@H]12.CSC[C@@H]1[C@@H]2CCC3(OCCO3)[C@H]12.C[S-].[Na+]. The fourth-order valence-corrected chi connectivity index (χ4v) is 7.76. The van der Waals surface area contributed by atoms with E-state index < -0.39 is 15.9 Å². The quantitative estimate of drug-likeness (QED) is 0.266. The molecule has 180 valence electrons. The minimum Gasteiger partial charge on any atom is -0.796 e. The average molecular weight is 519 g/mol. The largest absolute Gasteiger partial charge is 1.00 e. The van der Waals surface area contributed by atoms with E-state index in [1.54, 1.807) is 6.26 Å². The first-order valence-electron chi connectivity index (χ1n) is 11.2. The topological polar surface area (TPSA) is 80.3 Å². The number of rotatable bonds is 5. The zero-order valence-electron chi connectivity index (χ0n) is 19.6. The number of hydrogen-bond acceptors (Lipinski definition) is 9. The smallest absolute Gasteiger partial charge is 0.796 e. The Hall–Kier alpha value is 1.45. The second kappa shape index (κ2) is 11.2. The molecule has 2 spiro atoms. The van der Waals surface area contributed by atoms with Gasteiger partial charge in [-0.15, -0.1) is 0 Å². The van der Waals surface area contributed by atoms with E-state index >= 15 is 0 Å². The average Bonchev–Trinajstić information content (AvgIpc) is 3.26. The van der Waals surface area contributed by atoms with Crippen LogP contribution in [0.3, 0.4) is 0 Å². The van der Waals surface area contributed by atoms with Gasteiger partial charge < -0.3 is 31.6 Å². The van der Waals surface area contributed by atoms with Crippen LogP contribution >= 0.6 is 11.8 Å². The Bertz CT molecular complexity index is 714. The first-order valence-corrected chi connectivity index (χ1v) is 15.2. The molecular weight excluding hydrogens is 483 g/mol. The van der Waals surface area contributed by atoms with Crippen LogP contribution in [0.25, 0.3) is 0 Å². The number of thioether (sulfide) groups is 1. The Morgan fingerprint density at radius 2 is 1.34 bits per heavy atom. The van der Waals surface area contributed by atoms with Crippen molar-refractivity contribution < 1.29 is 61.1 Å². The van der Waals surface area contributed by atoms with E-state index in [1.165, 1.54) is 12.2 Å². The van der Waals surface area contributed by atoms with Gasteiger partial charge in [-0.3, -0.25) is 4.18 Å². The molecule has 2 saturated heterocycles. The Balaban J connectivity index is 0.000000166. The molecule has 0 N–H and O–H groups in total. The summed E-state index contributed by atoms with van der Waals surface area (Å²) in [6.45, 7) is 3.22. The Morgan fingerprint density at radius 1 is 0.906 bits per heavy atom. The molecule has 7 nitrogen and oxygen atoms in total. The molecule has 6 aliphatic rings. The zero-order valence-corrected chi connectivity index (χ0v) is 24.1. The van der Waals surface area contributed by atoms with Crippen molar-refractivity contribution >= 4 is 34.5 Å². The van der Waals surface area contributed by atoms with Gasteiger partial charge in [-0.1, -0.05) is 0 Å². The maximum atomic E-state index is 10.9. The van der Waals surface area contributed by atoms with Gasteiger partial charge in [0.2, 0.25) is 0 Å². The van der Waals surface area contributed by atoms with Crippen molar-refractivity contribution in [2.45, 2.75) is 37.3 Å². The van der Waals surface area contributed by atoms with Crippen molar-refractivity contribution in [3.05, 3.63) is 0 Å². The molecule has 0 radical (unpaired) electrons. The summed E-state index contributed by atoms with van der Waals surface area (Å²) in [5.74, 6) is 4.48. The van der Waals surface area contributed by atoms with Crippen LogP contribution in [-0.4, -0.2) is 77.5 Å². The van der Waals surface area contributed by atoms with Crippen LogP contribution in [0.15, 0.2) is 0 Å². The summed E-state index contributed by atoms with van der Waals surface area (Å²) in [7, 11) is -3.33. The van der Waals surface area contributed by atoms with E-state index in [0.29, 0.717) is 31.0 Å². The van der Waals surface area contributed by atoms with Gasteiger partial charge >= 0.3 is 29.6 Å². The van der Waals surface area contributed by atoms with E-state index in [1.807, 2.05) is 11.8 Å². The third kappa shape index (κ3) is 5.56. The summed E-state index contributed by atoms with van der Waals surface area (Å²) in [6, 6.07) is 0. The summed E-state index contributed by atoms with van der Waals surface area (Å²) in [5.41, 5.74) is 0. The predicted octanol–water partition coefficient (Wildman–Crippen LogP) is -0.723. The molecule has 0 aromatic rings. The second-order valence-corrected chi connectivity index (χ2v) is 11.8. The molecule has 0 aromatic heterocycles. The van der Waals surface area contributed by atoms with Gasteiger partial charge in [0.15, 0.2) is 11.6 Å². The van der Waals surface area contributed by atoms with Gasteiger partial charge in [0.25, 0.3) is 10.1 Å². The monoisotopic (exact) mass is 518 g/mol. The Labute approximate surface area is 224 Å². The molecule has 2 heterocycles. The summed E-state index contributed by atoms with van der Waals surface area (Å²) in [4.78, 5) is 0. The van der Waals surface area contributed by atoms with Gasteiger partial charge in [-0.05, 0) is 48.5 Å². The number of fused-ring (bicyclic) bond motifs is 4. The summed E-state index contributed by atoms with van der Waals surface area (Å²) < 4.78 is 49.7. The fourth-order valence-electron chi connectivity index (χ4n) is 6.51. The Kier molecular flexibility index (Phi) is 9.84. The minimum absolute atomic E-state index is 0. The van der Waals surface area contributed by atoms with E-state index in [4.69, 9.17) is 23.1 Å². The minimum atomic E-state index is -3.33. The molecular formula is C21H35NaO7S3. The van der Waals surface area contributed by atoms with Crippen LogP contribution in [0.4, 0.5) is 0 Å². The van der Waals surface area contributed by atoms with Crippen molar-refractivity contribution in [1.82, 2.24) is 0 Å². The first kappa shape index (κ1) is 28.0. The van der Waals surface area contributed by atoms with Crippen LogP contribution in [-0.2, 0) is 45.9 Å². The van der Waals surface area contributed by atoms with E-state index in [9.17, 15) is 8.42 Å². The molecule has 11 heteroatoms. The molecule has 32 heavy (non-hydrogen) atoms. The third-order valence-electron chi connectivity index (χ3n) is 7.72. The van der Waals surface area contributed by atoms with Crippen molar-refractivity contribution in [2.24, 2.45) is 35.5 Å². The predicted molar refractivity (Wildman–Crippen MR) is 121 cm³/mol. The summed E-state index contributed by atoms with van der Waals surface area (Å²) >= 11 is 6.04. The molecule has 4 saturated carbocycles. The maximum absolute atomic E-state index is 10.9. The van der Waals surface area contributed by atoms with Crippen LogP contribution in [0.2, 0.25) is 0 Å². The van der Waals surface area contributed by atoms with Gasteiger partial charge in [-0.2, -0.15) is 26.4 Å². The van der Waals surface area contributed by atoms with E-state index in [-0.39, 0.29) is 42.0 Å². The summed E-state index contributed by atoms with van der Waals surface area (Å²) in [6.07, 6.45) is 9.34. The molecule has 4 aliphatic carbocycles. The molecule has 0 unspecified atom stereocenters. The van der Waals surface area contributed by atoms with Gasteiger partial charge in [-0.25, -0.2) is 0 Å². The molecule has 0 amide bonds. The Morgan fingerprint density at radius 3 is 1.78 bits per heavy atom. The van der Waals surface area contributed by atoms with Crippen molar-refractivity contribution in [3.8, 4) is 0 Å². The molecule has 6 fully saturated rings. The first-order chi connectivity index (χ1) is 14.9. The van der Waals surface area contributed by atoms with Gasteiger partial charge in [0.05, 0.1) is 39.3 Å². The van der Waals surface area contributed by atoms with Crippen LogP contribution < -0.4 is 29.6 Å². The third-order valence-corrected chi connectivity index (χ3v) is 9.00. The van der Waals surface area contributed by atoms with Crippen molar-refractivity contribution in [1.29, 1.82) is 0 Å². The second-order valence-electron chi connectivity index (χ2n) is 9.25. The molecule has 6 rings (SSSR count). The van der Waals surface area contributed by atoms with Gasteiger partial charge in [0.1, 0.15) is 0 Å². The normalized spacial score (nSPS) is 38.8. The van der Waals surface area contributed by atoms with Crippen LogP contribution in [0.5, 0.6) is 0 Å². The maximum Gasteiger partial charge on any atom is 1.00 e. The molecule has 6 atom stereocenters. The standard InChI is InChI=1S/C10H16O5S.C10H16O2S.CH4S.Na/c1-16(11,12)15-6-8-7-2-3-10(9(7)8)13-4-5-14-10;1-13-6-8-7-2-3-10(9(7)8)11-4-5-12-10;1-2;/h7-9H,2-6H2,1H3;7-9H,2-6H2,1H3;2H,1H3;/q;;;+1/p-1/t2*7-,8+,9-;;/m00../s1. The fraction of sp³-hybridized carbons (Fsp3) is 1.00. The van der Waals surface area contributed by atoms with E-state index in [0.717, 1.165) is 56.5 Å². The van der Waals surface area contributed by atoms with Crippen molar-refractivity contribution in [3.63, 3.8) is 0 Å². The van der Waals surface area contributed by atoms with Crippen LogP contribution in [0, 0.1) is 35.5 Å².